The van der Waals surface area contributed by atoms with E-state index in [0.29, 0.717) is 0 Å². The lowest BCUT2D eigenvalue weighted by Gasteiger charge is -2.32. The van der Waals surface area contributed by atoms with Gasteiger partial charge in [-0.15, -0.1) is 0 Å². The Morgan fingerprint density at radius 2 is 1.79 bits per heavy atom. The summed E-state index contributed by atoms with van der Waals surface area (Å²) in [5, 5.41) is 11.1. The number of rotatable bonds is 2. The maximum absolute atomic E-state index is 11.0. The molecule has 8 heteroatoms. The molecule has 2 heterocycles. The van der Waals surface area contributed by atoms with Gasteiger partial charge in [0.1, 0.15) is 0 Å². The largest absolute Gasteiger partial charge is 0.503 e. The zero-order valence-corrected chi connectivity index (χ0v) is 11.9. The van der Waals surface area contributed by atoms with E-state index in [1.807, 2.05) is 27.7 Å². The van der Waals surface area contributed by atoms with Crippen LogP contribution in [0.2, 0.25) is 5.15 Å². The molecule has 102 valence electrons. The molecule has 0 atom stereocenters. The minimum Gasteiger partial charge on any atom is -0.399 e. The van der Waals surface area contributed by atoms with Gasteiger partial charge in [0.2, 0.25) is 5.15 Å². The smallest absolute Gasteiger partial charge is 0.399 e. The summed E-state index contributed by atoms with van der Waals surface area (Å²) in [7, 11) is -0.824. The molecule has 0 unspecified atom stereocenters. The summed E-state index contributed by atoms with van der Waals surface area (Å²) < 4.78 is 11.5. The van der Waals surface area contributed by atoms with Crippen LogP contribution in [0.25, 0.3) is 0 Å². The normalized spacial score (nSPS) is 20.6. The van der Waals surface area contributed by atoms with E-state index < -0.39 is 23.2 Å². The Bertz CT molecular complexity index is 519. The fourth-order valence-corrected chi connectivity index (χ4v) is 1.88. The lowest BCUT2D eigenvalue weighted by atomic mass is 9.79. The van der Waals surface area contributed by atoms with Crippen LogP contribution in [0.5, 0.6) is 0 Å². The number of pyridine rings is 1. The standard InChI is InChI=1S/C11H14BClN2O4/c1-10(2)11(3,4)19-12(18-10)7-5-6-8(13)14-9(7)15(16)17/h5-6H,1-4H3. The van der Waals surface area contributed by atoms with Crippen molar-refractivity contribution < 1.29 is 14.2 Å². The fourth-order valence-electron chi connectivity index (χ4n) is 1.74. The van der Waals surface area contributed by atoms with Crippen molar-refractivity contribution in [3.63, 3.8) is 0 Å². The van der Waals surface area contributed by atoms with Crippen molar-refractivity contribution in [2.45, 2.75) is 38.9 Å². The predicted octanol–water partition coefficient (Wildman–Crippen LogP) is 1.94. The molecule has 0 saturated carbocycles. The fraction of sp³-hybridized carbons (Fsp3) is 0.545. The molecule has 0 aromatic carbocycles. The first-order chi connectivity index (χ1) is 8.64. The highest BCUT2D eigenvalue weighted by molar-refractivity contribution is 6.63. The Morgan fingerprint density at radius 1 is 1.26 bits per heavy atom. The summed E-state index contributed by atoms with van der Waals surface area (Å²) in [6.45, 7) is 7.51. The van der Waals surface area contributed by atoms with Gasteiger partial charge in [-0.05, 0) is 55.3 Å². The Balaban J connectivity index is 2.42. The van der Waals surface area contributed by atoms with Gasteiger partial charge in [0, 0.05) is 6.07 Å². The van der Waals surface area contributed by atoms with Crippen molar-refractivity contribution in [3.05, 3.63) is 27.4 Å². The third-order valence-electron chi connectivity index (χ3n) is 3.55. The summed E-state index contributed by atoms with van der Waals surface area (Å²) in [6, 6.07) is 2.99. The van der Waals surface area contributed by atoms with Gasteiger partial charge >= 0.3 is 12.9 Å². The molecule has 0 amide bonds. The minimum atomic E-state index is -0.824. The average Bonchev–Trinajstić information content (AvgIpc) is 2.47. The monoisotopic (exact) mass is 284 g/mol. The summed E-state index contributed by atoms with van der Waals surface area (Å²) in [6.07, 6.45) is 0. The molecule has 0 aliphatic carbocycles. The minimum absolute atomic E-state index is 0.0620. The van der Waals surface area contributed by atoms with E-state index in [1.165, 1.54) is 12.1 Å². The summed E-state index contributed by atoms with van der Waals surface area (Å²) >= 11 is 5.68. The van der Waals surface area contributed by atoms with Gasteiger partial charge in [0.15, 0.2) is 0 Å². The lowest BCUT2D eigenvalue weighted by molar-refractivity contribution is -0.388. The van der Waals surface area contributed by atoms with Gasteiger partial charge in [-0.3, -0.25) is 0 Å². The number of halogens is 1. The summed E-state index contributed by atoms with van der Waals surface area (Å²) in [5.41, 5.74) is -0.857. The van der Waals surface area contributed by atoms with Crippen LogP contribution in [0.4, 0.5) is 5.82 Å². The van der Waals surface area contributed by atoms with Gasteiger partial charge in [-0.25, -0.2) is 0 Å². The van der Waals surface area contributed by atoms with Crippen LogP contribution in [0.1, 0.15) is 27.7 Å². The van der Waals surface area contributed by atoms with E-state index in [-0.39, 0.29) is 16.4 Å². The topological polar surface area (TPSA) is 74.5 Å². The van der Waals surface area contributed by atoms with E-state index in [1.54, 1.807) is 0 Å². The molecule has 0 radical (unpaired) electrons. The molecule has 1 aliphatic heterocycles. The molecule has 1 aromatic rings. The molecule has 0 N–H and O–H groups in total. The van der Waals surface area contributed by atoms with Crippen LogP contribution >= 0.6 is 11.6 Å². The van der Waals surface area contributed by atoms with Crippen molar-refractivity contribution in [1.82, 2.24) is 4.98 Å². The molecule has 1 saturated heterocycles. The second-order valence-electron chi connectivity index (χ2n) is 5.39. The molecule has 6 nitrogen and oxygen atoms in total. The van der Waals surface area contributed by atoms with Crippen molar-refractivity contribution in [1.29, 1.82) is 0 Å². The highest BCUT2D eigenvalue weighted by Crippen LogP contribution is 2.37. The van der Waals surface area contributed by atoms with Gasteiger partial charge in [-0.2, -0.15) is 0 Å². The number of nitrogens with zero attached hydrogens (tertiary/aromatic N) is 2. The van der Waals surface area contributed by atoms with Crippen LogP contribution in [-0.2, 0) is 9.31 Å². The predicted molar refractivity (Wildman–Crippen MR) is 71.6 cm³/mol. The maximum Gasteiger partial charge on any atom is 0.503 e. The van der Waals surface area contributed by atoms with Crippen molar-refractivity contribution in [3.8, 4) is 0 Å². The van der Waals surface area contributed by atoms with Gasteiger partial charge in [0.05, 0.1) is 16.7 Å². The molecular formula is C11H14BClN2O4. The van der Waals surface area contributed by atoms with Crippen LogP contribution in [0, 0.1) is 10.1 Å². The molecule has 2 rings (SSSR count). The van der Waals surface area contributed by atoms with Crippen LogP contribution < -0.4 is 5.46 Å². The molecule has 0 bridgehead atoms. The third-order valence-corrected chi connectivity index (χ3v) is 3.76. The number of hydrogen-bond donors (Lipinski definition) is 0. The lowest BCUT2D eigenvalue weighted by Crippen LogP contribution is -2.41. The van der Waals surface area contributed by atoms with Gasteiger partial charge < -0.3 is 19.4 Å². The van der Waals surface area contributed by atoms with Crippen molar-refractivity contribution in [2.24, 2.45) is 0 Å². The summed E-state index contributed by atoms with van der Waals surface area (Å²) in [4.78, 5) is 14.2. The van der Waals surface area contributed by atoms with Crippen molar-refractivity contribution in [2.75, 3.05) is 0 Å². The molecule has 0 spiro atoms. The molecule has 1 fully saturated rings. The Kier molecular flexibility index (Phi) is 3.32. The number of nitro groups is 1. The molecule has 1 aliphatic rings. The highest BCUT2D eigenvalue weighted by Gasteiger charge is 2.53. The highest BCUT2D eigenvalue weighted by atomic mass is 35.5. The van der Waals surface area contributed by atoms with Crippen LogP contribution in [0.15, 0.2) is 12.1 Å². The van der Waals surface area contributed by atoms with Crippen LogP contribution in [-0.4, -0.2) is 28.2 Å². The Labute approximate surface area is 116 Å². The first kappa shape index (κ1) is 14.2. The first-order valence-electron chi connectivity index (χ1n) is 5.80. The zero-order valence-electron chi connectivity index (χ0n) is 11.1. The quantitative estimate of drug-likeness (QED) is 0.359. The first-order valence-corrected chi connectivity index (χ1v) is 6.18. The van der Waals surface area contributed by atoms with Crippen LogP contribution in [0.3, 0.4) is 0 Å². The van der Waals surface area contributed by atoms with E-state index in [9.17, 15) is 10.1 Å². The third kappa shape index (κ3) is 2.45. The average molecular weight is 285 g/mol. The van der Waals surface area contributed by atoms with E-state index in [4.69, 9.17) is 20.9 Å². The van der Waals surface area contributed by atoms with E-state index in [2.05, 4.69) is 4.98 Å². The SMILES string of the molecule is CC1(C)OB(c2ccc(Cl)nc2[N+](=O)[O-])OC1(C)C. The molecular weight excluding hydrogens is 270 g/mol. The Morgan fingerprint density at radius 3 is 2.26 bits per heavy atom. The number of hydrogen-bond acceptors (Lipinski definition) is 5. The second kappa shape index (κ2) is 4.43. The van der Waals surface area contributed by atoms with Gasteiger partial charge in [0.25, 0.3) is 0 Å². The van der Waals surface area contributed by atoms with Crippen molar-refractivity contribution >= 4 is 30.0 Å². The Hall–Kier alpha value is -1.18. The van der Waals surface area contributed by atoms with E-state index in [0.717, 1.165) is 0 Å². The zero-order chi connectivity index (χ0) is 14.4. The summed E-state index contributed by atoms with van der Waals surface area (Å²) in [5.74, 6) is -0.342. The molecule has 19 heavy (non-hydrogen) atoms. The maximum atomic E-state index is 11.0. The second-order valence-corrected chi connectivity index (χ2v) is 5.78. The molecule has 1 aromatic heterocycles. The van der Waals surface area contributed by atoms with Gasteiger partial charge in [-0.1, -0.05) is 0 Å². The van der Waals surface area contributed by atoms with E-state index >= 15 is 0 Å². The number of aromatic nitrogens is 1.